The topological polar surface area (TPSA) is 112 Å². The molecule has 1 aromatic rings. The summed E-state index contributed by atoms with van der Waals surface area (Å²) < 4.78 is 5.40. The van der Waals surface area contributed by atoms with Crippen LogP contribution in [-0.2, 0) is 20.9 Å². The molecule has 1 saturated carbocycles. The number of benzene rings is 1. The van der Waals surface area contributed by atoms with E-state index in [4.69, 9.17) is 10.00 Å². The highest BCUT2D eigenvalue weighted by atomic mass is 16.6. The van der Waals surface area contributed by atoms with Gasteiger partial charge in [0.05, 0.1) is 11.6 Å². The molecule has 1 aromatic carbocycles. The zero-order valence-electron chi connectivity index (χ0n) is 20.4. The Kier molecular flexibility index (Phi) is 8.54. The predicted molar refractivity (Wildman–Crippen MR) is 127 cm³/mol. The number of alkyl carbamates (subject to hydrolysis) is 1. The Labute approximate surface area is 202 Å². The summed E-state index contributed by atoms with van der Waals surface area (Å²) in [4.78, 5) is 40.0. The SMILES string of the molecule is CC(C)(C)OC(=O)NC1CCCCC1CC(=O)N1CCC[C@H]1C(=O)NCc1ccc(C#N)cc1. The highest BCUT2D eigenvalue weighted by Crippen LogP contribution is 2.29. The van der Waals surface area contributed by atoms with Crippen LogP contribution in [0, 0.1) is 17.2 Å². The highest BCUT2D eigenvalue weighted by Gasteiger charge is 2.37. The van der Waals surface area contributed by atoms with Crippen molar-refractivity contribution in [3.8, 4) is 6.07 Å². The van der Waals surface area contributed by atoms with E-state index in [2.05, 4.69) is 16.7 Å². The van der Waals surface area contributed by atoms with Crippen LogP contribution in [0.15, 0.2) is 24.3 Å². The first-order valence-corrected chi connectivity index (χ1v) is 12.2. The summed E-state index contributed by atoms with van der Waals surface area (Å²) in [5, 5.41) is 14.8. The Bertz CT molecular complexity index is 916. The van der Waals surface area contributed by atoms with Gasteiger partial charge in [-0.25, -0.2) is 4.79 Å². The molecular formula is C26H36N4O4. The van der Waals surface area contributed by atoms with Crippen LogP contribution in [0.4, 0.5) is 4.79 Å². The number of rotatable bonds is 6. The molecule has 1 aliphatic heterocycles. The number of nitrogens with zero attached hydrogens (tertiary/aromatic N) is 2. The Morgan fingerprint density at radius 2 is 1.79 bits per heavy atom. The quantitative estimate of drug-likeness (QED) is 0.662. The van der Waals surface area contributed by atoms with Crippen LogP contribution in [0.1, 0.15) is 76.8 Å². The predicted octanol–water partition coefficient (Wildman–Crippen LogP) is 3.64. The highest BCUT2D eigenvalue weighted by molar-refractivity contribution is 5.88. The fourth-order valence-electron chi connectivity index (χ4n) is 4.78. The molecule has 3 atom stereocenters. The van der Waals surface area contributed by atoms with Crippen LogP contribution < -0.4 is 10.6 Å². The van der Waals surface area contributed by atoms with Crippen molar-refractivity contribution in [1.29, 1.82) is 5.26 Å². The molecule has 1 saturated heterocycles. The standard InChI is InChI=1S/C26H36N4O4/c1-26(2,3)34-25(33)29-21-8-5-4-7-20(21)15-23(31)30-14-6-9-22(30)24(32)28-17-19-12-10-18(16-27)11-13-19/h10-13,20-22H,4-9,14-15,17H2,1-3H3,(H,28,32)(H,29,33)/t20?,21?,22-/m0/s1. The van der Waals surface area contributed by atoms with Crippen LogP contribution in [0.5, 0.6) is 0 Å². The smallest absolute Gasteiger partial charge is 0.407 e. The average Bonchev–Trinajstić information content (AvgIpc) is 3.28. The molecule has 1 heterocycles. The summed E-state index contributed by atoms with van der Waals surface area (Å²) in [6.45, 7) is 6.41. The van der Waals surface area contributed by atoms with Crippen LogP contribution in [0.25, 0.3) is 0 Å². The van der Waals surface area contributed by atoms with E-state index in [0.29, 0.717) is 31.5 Å². The molecule has 2 N–H and O–H groups in total. The van der Waals surface area contributed by atoms with Gasteiger partial charge in [0.15, 0.2) is 0 Å². The molecule has 3 rings (SSSR count). The largest absolute Gasteiger partial charge is 0.444 e. The van der Waals surface area contributed by atoms with Gasteiger partial charge in [-0.05, 0) is 70.1 Å². The van der Waals surface area contributed by atoms with Crippen molar-refractivity contribution in [2.75, 3.05) is 6.54 Å². The fourth-order valence-corrected chi connectivity index (χ4v) is 4.78. The van der Waals surface area contributed by atoms with E-state index in [1.807, 2.05) is 32.9 Å². The number of nitrogens with one attached hydrogen (secondary N) is 2. The van der Waals surface area contributed by atoms with E-state index < -0.39 is 17.7 Å². The van der Waals surface area contributed by atoms with E-state index in [-0.39, 0.29) is 23.8 Å². The minimum Gasteiger partial charge on any atom is -0.444 e. The van der Waals surface area contributed by atoms with Gasteiger partial charge in [0.2, 0.25) is 11.8 Å². The van der Waals surface area contributed by atoms with Gasteiger partial charge in [-0.15, -0.1) is 0 Å². The maximum absolute atomic E-state index is 13.2. The lowest BCUT2D eigenvalue weighted by Crippen LogP contribution is -2.48. The van der Waals surface area contributed by atoms with Gasteiger partial charge < -0.3 is 20.3 Å². The second-order valence-electron chi connectivity index (χ2n) is 10.3. The number of carbonyl (C=O) groups is 3. The maximum Gasteiger partial charge on any atom is 0.407 e. The second kappa shape index (κ2) is 11.4. The van der Waals surface area contributed by atoms with Crippen molar-refractivity contribution in [3.63, 3.8) is 0 Å². The van der Waals surface area contributed by atoms with E-state index >= 15 is 0 Å². The third-order valence-electron chi connectivity index (χ3n) is 6.47. The Hall–Kier alpha value is -3.08. The number of hydrogen-bond acceptors (Lipinski definition) is 5. The minimum atomic E-state index is -0.571. The van der Waals surface area contributed by atoms with E-state index in [1.165, 1.54) is 0 Å². The van der Waals surface area contributed by atoms with Crippen LogP contribution in [-0.4, -0.2) is 47.0 Å². The molecule has 2 unspecified atom stereocenters. The monoisotopic (exact) mass is 468 g/mol. The first-order chi connectivity index (χ1) is 16.2. The van der Waals surface area contributed by atoms with E-state index in [1.54, 1.807) is 17.0 Å². The van der Waals surface area contributed by atoms with Gasteiger partial charge >= 0.3 is 6.09 Å². The average molecular weight is 469 g/mol. The lowest BCUT2D eigenvalue weighted by molar-refractivity contribution is -0.139. The molecular weight excluding hydrogens is 432 g/mol. The van der Waals surface area contributed by atoms with Gasteiger partial charge in [0, 0.05) is 25.6 Å². The summed E-state index contributed by atoms with van der Waals surface area (Å²) in [5.74, 6) is -0.141. The molecule has 0 aromatic heterocycles. The molecule has 2 aliphatic rings. The summed E-state index contributed by atoms with van der Waals surface area (Å²) >= 11 is 0. The summed E-state index contributed by atoms with van der Waals surface area (Å²) in [6.07, 6.45) is 5.05. The van der Waals surface area contributed by atoms with Crippen molar-refractivity contribution in [2.24, 2.45) is 5.92 Å². The minimum absolute atomic E-state index is 0.0288. The number of likely N-dealkylation sites (tertiary alicyclic amines) is 1. The van der Waals surface area contributed by atoms with Crippen molar-refractivity contribution >= 4 is 17.9 Å². The Balaban J connectivity index is 1.55. The zero-order chi connectivity index (χ0) is 24.7. The molecule has 2 fully saturated rings. The normalized spacial score (nSPS) is 22.5. The zero-order valence-corrected chi connectivity index (χ0v) is 20.4. The first kappa shape index (κ1) is 25.5. The Morgan fingerprint density at radius 1 is 1.09 bits per heavy atom. The van der Waals surface area contributed by atoms with Crippen molar-refractivity contribution in [3.05, 3.63) is 35.4 Å². The molecule has 0 radical (unpaired) electrons. The molecule has 3 amide bonds. The summed E-state index contributed by atoms with van der Waals surface area (Å²) in [5.41, 5.74) is 0.907. The molecule has 184 valence electrons. The number of amides is 3. The third-order valence-corrected chi connectivity index (χ3v) is 6.47. The number of nitriles is 1. The lowest BCUT2D eigenvalue weighted by atomic mass is 9.82. The Morgan fingerprint density at radius 3 is 2.47 bits per heavy atom. The molecule has 8 nitrogen and oxygen atoms in total. The van der Waals surface area contributed by atoms with Gasteiger partial charge in [0.25, 0.3) is 0 Å². The number of carbonyl (C=O) groups excluding carboxylic acids is 3. The van der Waals surface area contributed by atoms with Crippen molar-refractivity contribution in [1.82, 2.24) is 15.5 Å². The van der Waals surface area contributed by atoms with E-state index in [9.17, 15) is 14.4 Å². The molecule has 0 spiro atoms. The van der Waals surface area contributed by atoms with Crippen LogP contribution >= 0.6 is 0 Å². The van der Waals surface area contributed by atoms with Gasteiger partial charge in [-0.2, -0.15) is 5.26 Å². The van der Waals surface area contributed by atoms with Gasteiger partial charge in [-0.3, -0.25) is 9.59 Å². The second-order valence-corrected chi connectivity index (χ2v) is 10.3. The molecule has 0 bridgehead atoms. The maximum atomic E-state index is 13.2. The van der Waals surface area contributed by atoms with Gasteiger partial charge in [-0.1, -0.05) is 25.0 Å². The molecule has 8 heteroatoms. The first-order valence-electron chi connectivity index (χ1n) is 12.2. The number of ether oxygens (including phenoxy) is 1. The number of hydrogen-bond donors (Lipinski definition) is 2. The van der Waals surface area contributed by atoms with E-state index in [0.717, 1.165) is 37.7 Å². The van der Waals surface area contributed by atoms with Crippen LogP contribution in [0.3, 0.4) is 0 Å². The van der Waals surface area contributed by atoms with Crippen molar-refractivity contribution in [2.45, 2.75) is 89.9 Å². The van der Waals surface area contributed by atoms with Crippen molar-refractivity contribution < 1.29 is 19.1 Å². The fraction of sp³-hybridized carbons (Fsp3) is 0.615. The van der Waals surface area contributed by atoms with Gasteiger partial charge in [0.1, 0.15) is 11.6 Å². The molecule has 1 aliphatic carbocycles. The third kappa shape index (κ3) is 7.21. The van der Waals surface area contributed by atoms with Crippen LogP contribution in [0.2, 0.25) is 0 Å². The summed E-state index contributed by atoms with van der Waals surface area (Å²) in [6, 6.07) is 8.59. The summed E-state index contributed by atoms with van der Waals surface area (Å²) in [7, 11) is 0. The molecule has 34 heavy (non-hydrogen) atoms. The lowest BCUT2D eigenvalue weighted by Gasteiger charge is -2.34.